The van der Waals surface area contributed by atoms with Crippen molar-refractivity contribution in [1.29, 1.82) is 0 Å². The number of hydrogen-bond acceptors (Lipinski definition) is 4. The molecule has 2 saturated heterocycles. The van der Waals surface area contributed by atoms with Crippen LogP contribution in [0.4, 0.5) is 0 Å². The van der Waals surface area contributed by atoms with E-state index in [1.807, 2.05) is 11.6 Å². The molecule has 25 heavy (non-hydrogen) atoms. The van der Waals surface area contributed by atoms with E-state index in [1.165, 1.54) is 4.70 Å². The molecule has 0 unspecified atom stereocenters. The molecule has 136 valence electrons. The highest BCUT2D eigenvalue weighted by molar-refractivity contribution is 7.17. The zero-order valence-electron chi connectivity index (χ0n) is 15.1. The first kappa shape index (κ1) is 17.1. The van der Waals surface area contributed by atoms with Gasteiger partial charge in [0, 0.05) is 26.2 Å². The molecule has 1 atom stereocenters. The Morgan fingerprint density at radius 2 is 2.12 bits per heavy atom. The number of carbonyl (C=O) groups excluding carboxylic acids is 1. The molecule has 2 aliphatic heterocycles. The van der Waals surface area contributed by atoms with Gasteiger partial charge in [-0.25, -0.2) is 0 Å². The Hall–Kier alpha value is -1.37. The summed E-state index contributed by atoms with van der Waals surface area (Å²) in [4.78, 5) is 17.9. The summed E-state index contributed by atoms with van der Waals surface area (Å²) in [6, 6.07) is 4.47. The molecule has 0 spiro atoms. The van der Waals surface area contributed by atoms with Crippen LogP contribution in [-0.4, -0.2) is 65.7 Å². The largest absolute Gasteiger partial charge is 0.376 e. The Labute approximate surface area is 153 Å². The molecule has 2 aromatic rings. The molecule has 2 aliphatic rings. The van der Waals surface area contributed by atoms with E-state index >= 15 is 0 Å². The monoisotopic (exact) mass is 361 g/mol. The number of amides is 1. The topological polar surface area (TPSA) is 37.7 Å². The maximum Gasteiger partial charge on any atom is 0.270 e. The summed E-state index contributed by atoms with van der Waals surface area (Å²) in [6.45, 7) is 3.68. The normalized spacial score (nSPS) is 22.7. The summed E-state index contributed by atoms with van der Waals surface area (Å²) in [5.74, 6) is 0.163. The molecule has 0 bridgehead atoms. The number of aromatic nitrogens is 1. The fourth-order valence-electron chi connectivity index (χ4n) is 4.11. The average Bonchev–Trinajstić information content (AvgIpc) is 3.33. The third-order valence-corrected chi connectivity index (χ3v) is 6.55. The van der Waals surface area contributed by atoms with E-state index in [4.69, 9.17) is 4.74 Å². The molecular formula is C19H27N3O2S. The number of thiophene rings is 1. The standard InChI is InChI=1S/C19H27N3O2S/c1-20-8-5-14(6-9-20)22(13-15-4-3-10-24-15)19(23)17-12-18-16(21(17)2)7-11-25-18/h7,11-12,14-15H,3-6,8-10,13H2,1-2H3/t15-/m1/s1. The molecule has 5 nitrogen and oxygen atoms in total. The molecule has 2 aromatic heterocycles. The van der Waals surface area contributed by atoms with E-state index in [0.717, 1.165) is 63.1 Å². The van der Waals surface area contributed by atoms with Crippen LogP contribution in [0.3, 0.4) is 0 Å². The van der Waals surface area contributed by atoms with Crippen molar-refractivity contribution in [2.75, 3.05) is 33.3 Å². The van der Waals surface area contributed by atoms with Crippen LogP contribution in [0, 0.1) is 0 Å². The van der Waals surface area contributed by atoms with Gasteiger partial charge in [-0.15, -0.1) is 11.3 Å². The lowest BCUT2D eigenvalue weighted by atomic mass is 10.0. The molecule has 2 fully saturated rings. The predicted octanol–water partition coefficient (Wildman–Crippen LogP) is 2.96. The Morgan fingerprint density at radius 1 is 1.32 bits per heavy atom. The van der Waals surface area contributed by atoms with Crippen LogP contribution in [0.25, 0.3) is 10.2 Å². The molecule has 4 heterocycles. The van der Waals surface area contributed by atoms with Crippen molar-refractivity contribution in [3.63, 3.8) is 0 Å². The summed E-state index contributed by atoms with van der Waals surface area (Å²) in [7, 11) is 4.16. The van der Waals surface area contributed by atoms with Gasteiger partial charge in [-0.1, -0.05) is 0 Å². The Kier molecular flexibility index (Phi) is 4.84. The quantitative estimate of drug-likeness (QED) is 0.840. The van der Waals surface area contributed by atoms with Crippen LogP contribution in [0.1, 0.15) is 36.2 Å². The van der Waals surface area contributed by atoms with Gasteiger partial charge in [-0.3, -0.25) is 4.79 Å². The Morgan fingerprint density at radius 3 is 2.80 bits per heavy atom. The molecule has 0 saturated carbocycles. The van der Waals surface area contributed by atoms with Gasteiger partial charge in [0.25, 0.3) is 5.91 Å². The van der Waals surface area contributed by atoms with Gasteiger partial charge >= 0.3 is 0 Å². The van der Waals surface area contributed by atoms with Crippen molar-refractivity contribution in [2.24, 2.45) is 7.05 Å². The van der Waals surface area contributed by atoms with Gasteiger partial charge in [0.15, 0.2) is 0 Å². The van der Waals surface area contributed by atoms with Crippen LogP contribution in [0.15, 0.2) is 17.5 Å². The van der Waals surface area contributed by atoms with Crippen LogP contribution in [-0.2, 0) is 11.8 Å². The SMILES string of the molecule is CN1CCC(N(C[C@H]2CCCO2)C(=O)c2cc3sccc3n2C)CC1. The van der Waals surface area contributed by atoms with Crippen molar-refractivity contribution >= 4 is 27.5 Å². The van der Waals surface area contributed by atoms with E-state index in [-0.39, 0.29) is 12.0 Å². The van der Waals surface area contributed by atoms with E-state index < -0.39 is 0 Å². The second kappa shape index (κ2) is 7.09. The number of hydrogen-bond donors (Lipinski definition) is 0. The van der Waals surface area contributed by atoms with Crippen molar-refractivity contribution in [3.05, 3.63) is 23.2 Å². The second-order valence-corrected chi connectivity index (χ2v) is 8.33. The second-order valence-electron chi connectivity index (χ2n) is 7.39. The van der Waals surface area contributed by atoms with Gasteiger partial charge in [0.05, 0.1) is 16.3 Å². The van der Waals surface area contributed by atoms with Crippen molar-refractivity contribution in [3.8, 4) is 0 Å². The average molecular weight is 362 g/mol. The molecule has 6 heteroatoms. The minimum atomic E-state index is 0.163. The molecule has 0 radical (unpaired) electrons. The zero-order chi connectivity index (χ0) is 17.4. The van der Waals surface area contributed by atoms with Crippen LogP contribution in [0.2, 0.25) is 0 Å². The number of ether oxygens (including phenoxy) is 1. The number of likely N-dealkylation sites (tertiary alicyclic amines) is 1. The molecule has 1 amide bonds. The summed E-state index contributed by atoms with van der Waals surface area (Å²) >= 11 is 1.70. The molecule has 0 N–H and O–H groups in total. The summed E-state index contributed by atoms with van der Waals surface area (Å²) in [6.07, 6.45) is 4.48. The van der Waals surface area contributed by atoms with Gasteiger partial charge in [-0.05, 0) is 63.3 Å². The highest BCUT2D eigenvalue weighted by Gasteiger charge is 2.32. The summed E-state index contributed by atoms with van der Waals surface area (Å²) < 4.78 is 9.08. The van der Waals surface area contributed by atoms with E-state index in [1.54, 1.807) is 11.3 Å². The van der Waals surface area contributed by atoms with Crippen molar-refractivity contribution < 1.29 is 9.53 Å². The lowest BCUT2D eigenvalue weighted by Crippen LogP contribution is -2.49. The molecule has 4 rings (SSSR count). The highest BCUT2D eigenvalue weighted by Crippen LogP contribution is 2.27. The first-order valence-corrected chi connectivity index (χ1v) is 10.2. The fourth-order valence-corrected chi connectivity index (χ4v) is 4.96. The Bertz CT molecular complexity index is 739. The number of nitrogens with zero attached hydrogens (tertiary/aromatic N) is 3. The van der Waals surface area contributed by atoms with Crippen molar-refractivity contribution in [1.82, 2.24) is 14.4 Å². The van der Waals surface area contributed by atoms with Crippen molar-refractivity contribution in [2.45, 2.75) is 37.8 Å². The van der Waals surface area contributed by atoms with Crippen LogP contribution >= 0.6 is 11.3 Å². The first-order valence-electron chi connectivity index (χ1n) is 9.27. The number of piperidine rings is 1. The fraction of sp³-hybridized carbons (Fsp3) is 0.632. The van der Waals surface area contributed by atoms with Crippen LogP contribution < -0.4 is 0 Å². The molecular weight excluding hydrogens is 334 g/mol. The van der Waals surface area contributed by atoms with E-state index in [0.29, 0.717) is 6.04 Å². The van der Waals surface area contributed by atoms with Gasteiger partial charge < -0.3 is 19.1 Å². The number of carbonyl (C=O) groups is 1. The number of rotatable bonds is 4. The van der Waals surface area contributed by atoms with E-state index in [9.17, 15) is 4.79 Å². The van der Waals surface area contributed by atoms with E-state index in [2.05, 4.69) is 34.4 Å². The number of aryl methyl sites for hydroxylation is 1. The van der Waals surface area contributed by atoms with Crippen LogP contribution in [0.5, 0.6) is 0 Å². The third-order valence-electron chi connectivity index (χ3n) is 5.70. The van der Waals surface area contributed by atoms with Gasteiger partial charge in [0.2, 0.25) is 0 Å². The highest BCUT2D eigenvalue weighted by atomic mass is 32.1. The van der Waals surface area contributed by atoms with Gasteiger partial charge in [0.1, 0.15) is 5.69 Å². The number of fused-ring (bicyclic) bond motifs is 1. The Balaban J connectivity index is 1.60. The molecule has 0 aromatic carbocycles. The lowest BCUT2D eigenvalue weighted by molar-refractivity contribution is 0.0314. The smallest absolute Gasteiger partial charge is 0.270 e. The first-order chi connectivity index (χ1) is 12.1. The third kappa shape index (κ3) is 3.35. The maximum atomic E-state index is 13.4. The zero-order valence-corrected chi connectivity index (χ0v) is 15.9. The lowest BCUT2D eigenvalue weighted by Gasteiger charge is -2.38. The summed E-state index contributed by atoms with van der Waals surface area (Å²) in [5, 5.41) is 2.08. The summed E-state index contributed by atoms with van der Waals surface area (Å²) in [5.41, 5.74) is 1.95. The van der Waals surface area contributed by atoms with Gasteiger partial charge in [-0.2, -0.15) is 0 Å². The molecule has 0 aliphatic carbocycles. The maximum absolute atomic E-state index is 13.4. The predicted molar refractivity (Wildman–Crippen MR) is 101 cm³/mol. The minimum absolute atomic E-state index is 0.163. The minimum Gasteiger partial charge on any atom is -0.376 e.